The number of benzene rings is 1. The van der Waals surface area contributed by atoms with Gasteiger partial charge in [0.05, 0.1) is 12.7 Å². The first-order valence-corrected chi connectivity index (χ1v) is 8.13. The van der Waals surface area contributed by atoms with Crippen LogP contribution >= 0.6 is 0 Å². The standard InChI is InChI=1S/C17H19N5O2/c23-17-20-19-12-22(17)14-6-8-21(9-7-14)11-15-10-18-16(24-15)13-4-2-1-3-5-13/h1-5,10,12,14H,6-9,11H2,(H,20,23). The summed E-state index contributed by atoms with van der Waals surface area (Å²) in [7, 11) is 0. The van der Waals surface area contributed by atoms with E-state index in [1.165, 1.54) is 0 Å². The molecule has 4 rings (SSSR count). The van der Waals surface area contributed by atoms with Gasteiger partial charge in [0.1, 0.15) is 12.1 Å². The van der Waals surface area contributed by atoms with Crippen LogP contribution in [0.2, 0.25) is 0 Å². The average Bonchev–Trinajstić information content (AvgIpc) is 3.26. The van der Waals surface area contributed by atoms with Crippen molar-refractivity contribution >= 4 is 0 Å². The lowest BCUT2D eigenvalue weighted by atomic mass is 10.1. The van der Waals surface area contributed by atoms with Crippen LogP contribution in [0.3, 0.4) is 0 Å². The van der Waals surface area contributed by atoms with E-state index >= 15 is 0 Å². The number of likely N-dealkylation sites (tertiary alicyclic amines) is 1. The van der Waals surface area contributed by atoms with Crippen LogP contribution in [0.1, 0.15) is 24.6 Å². The Balaban J connectivity index is 1.37. The van der Waals surface area contributed by atoms with Crippen molar-refractivity contribution in [2.24, 2.45) is 0 Å². The lowest BCUT2D eigenvalue weighted by Gasteiger charge is -2.31. The van der Waals surface area contributed by atoms with E-state index in [9.17, 15) is 4.79 Å². The molecule has 7 heteroatoms. The van der Waals surface area contributed by atoms with Gasteiger partial charge in [0.25, 0.3) is 0 Å². The van der Waals surface area contributed by atoms with Gasteiger partial charge in [-0.25, -0.2) is 14.9 Å². The molecule has 1 aliphatic heterocycles. The number of H-pyrrole nitrogens is 1. The SMILES string of the molecule is O=c1[nH]ncn1C1CCN(Cc2cnc(-c3ccccc3)o2)CC1. The highest BCUT2D eigenvalue weighted by Crippen LogP contribution is 2.24. The molecule has 1 fully saturated rings. The Hall–Kier alpha value is -2.67. The number of oxazole rings is 1. The van der Waals surface area contributed by atoms with Crippen LogP contribution in [0.4, 0.5) is 0 Å². The first-order chi connectivity index (χ1) is 11.8. The zero-order valence-electron chi connectivity index (χ0n) is 13.3. The normalized spacial score (nSPS) is 16.5. The van der Waals surface area contributed by atoms with E-state index in [-0.39, 0.29) is 11.7 Å². The molecule has 2 aromatic heterocycles. The second-order valence-electron chi connectivity index (χ2n) is 6.07. The fraction of sp³-hybridized carbons (Fsp3) is 0.353. The predicted molar refractivity (Wildman–Crippen MR) is 88.3 cm³/mol. The second-order valence-corrected chi connectivity index (χ2v) is 6.07. The van der Waals surface area contributed by atoms with Gasteiger partial charge in [0, 0.05) is 24.7 Å². The molecule has 0 unspecified atom stereocenters. The molecule has 1 aliphatic rings. The molecule has 1 saturated heterocycles. The second kappa shape index (κ2) is 6.45. The Kier molecular flexibility index (Phi) is 4.00. The van der Waals surface area contributed by atoms with Crippen molar-refractivity contribution < 1.29 is 4.42 Å². The number of hydrogen-bond acceptors (Lipinski definition) is 5. The molecular weight excluding hydrogens is 306 g/mol. The molecular formula is C17H19N5O2. The highest BCUT2D eigenvalue weighted by Gasteiger charge is 2.22. The van der Waals surface area contributed by atoms with Crippen molar-refractivity contribution in [2.75, 3.05) is 13.1 Å². The molecule has 1 aromatic carbocycles. The Labute approximate surface area is 138 Å². The summed E-state index contributed by atoms with van der Waals surface area (Å²) in [6.07, 6.45) is 5.25. The molecule has 0 bridgehead atoms. The van der Waals surface area contributed by atoms with Crippen LogP contribution < -0.4 is 5.69 Å². The Morgan fingerprint density at radius 1 is 1.21 bits per heavy atom. The zero-order valence-corrected chi connectivity index (χ0v) is 13.3. The van der Waals surface area contributed by atoms with E-state index in [0.717, 1.165) is 43.8 Å². The van der Waals surface area contributed by atoms with E-state index in [1.807, 2.05) is 30.3 Å². The van der Waals surface area contributed by atoms with Crippen LogP contribution in [0.25, 0.3) is 11.5 Å². The minimum atomic E-state index is -0.129. The Morgan fingerprint density at radius 2 is 2.00 bits per heavy atom. The highest BCUT2D eigenvalue weighted by atomic mass is 16.4. The molecule has 0 aliphatic carbocycles. The highest BCUT2D eigenvalue weighted by molar-refractivity contribution is 5.52. The molecule has 0 spiro atoms. The minimum absolute atomic E-state index is 0.129. The first kappa shape index (κ1) is 14.9. The van der Waals surface area contributed by atoms with E-state index in [1.54, 1.807) is 17.1 Å². The third kappa shape index (κ3) is 3.03. The quantitative estimate of drug-likeness (QED) is 0.794. The number of rotatable bonds is 4. The minimum Gasteiger partial charge on any atom is -0.440 e. The number of aromatic nitrogens is 4. The molecule has 0 radical (unpaired) electrons. The maximum atomic E-state index is 11.6. The Bertz CT molecular complexity index is 843. The molecule has 1 N–H and O–H groups in total. The van der Waals surface area contributed by atoms with E-state index < -0.39 is 0 Å². The summed E-state index contributed by atoms with van der Waals surface area (Å²) < 4.78 is 7.56. The van der Waals surface area contributed by atoms with Gasteiger partial charge in [0.15, 0.2) is 0 Å². The fourth-order valence-electron chi connectivity index (χ4n) is 3.19. The van der Waals surface area contributed by atoms with Crippen molar-refractivity contribution in [2.45, 2.75) is 25.4 Å². The van der Waals surface area contributed by atoms with Crippen molar-refractivity contribution in [1.29, 1.82) is 0 Å². The molecule has 124 valence electrons. The molecule has 24 heavy (non-hydrogen) atoms. The predicted octanol–water partition coefficient (Wildman–Crippen LogP) is 2.06. The number of nitrogens with zero attached hydrogens (tertiary/aromatic N) is 4. The average molecular weight is 325 g/mol. The van der Waals surface area contributed by atoms with Gasteiger partial charge in [-0.3, -0.25) is 9.47 Å². The smallest absolute Gasteiger partial charge is 0.343 e. The lowest BCUT2D eigenvalue weighted by Crippen LogP contribution is -2.36. The number of hydrogen-bond donors (Lipinski definition) is 1. The van der Waals surface area contributed by atoms with E-state index in [4.69, 9.17) is 4.42 Å². The number of aromatic amines is 1. The van der Waals surface area contributed by atoms with Crippen molar-refractivity contribution in [1.82, 2.24) is 24.6 Å². The maximum Gasteiger partial charge on any atom is 0.343 e. The molecule has 7 nitrogen and oxygen atoms in total. The third-order valence-electron chi connectivity index (χ3n) is 4.48. The van der Waals surface area contributed by atoms with E-state index in [0.29, 0.717) is 5.89 Å². The summed E-state index contributed by atoms with van der Waals surface area (Å²) in [6.45, 7) is 2.58. The van der Waals surface area contributed by atoms with Crippen molar-refractivity contribution in [3.05, 3.63) is 59.1 Å². The summed E-state index contributed by atoms with van der Waals surface area (Å²) >= 11 is 0. The van der Waals surface area contributed by atoms with Crippen molar-refractivity contribution in [3.8, 4) is 11.5 Å². The topological polar surface area (TPSA) is 80.0 Å². The van der Waals surface area contributed by atoms with Gasteiger partial charge >= 0.3 is 5.69 Å². The molecule has 3 aromatic rings. The van der Waals surface area contributed by atoms with Gasteiger partial charge in [-0.2, -0.15) is 5.10 Å². The van der Waals surface area contributed by atoms with E-state index in [2.05, 4.69) is 20.1 Å². The molecule has 3 heterocycles. The summed E-state index contributed by atoms with van der Waals surface area (Å²) in [4.78, 5) is 18.3. The molecule has 0 saturated carbocycles. The Morgan fingerprint density at radius 3 is 2.71 bits per heavy atom. The van der Waals surface area contributed by atoms with Gasteiger partial charge < -0.3 is 4.42 Å². The number of piperidine rings is 1. The fourth-order valence-corrected chi connectivity index (χ4v) is 3.19. The van der Waals surface area contributed by atoms with Gasteiger partial charge in [0.2, 0.25) is 5.89 Å². The van der Waals surface area contributed by atoms with Crippen LogP contribution in [-0.2, 0) is 6.54 Å². The number of nitrogens with one attached hydrogen (secondary N) is 1. The van der Waals surface area contributed by atoms with Crippen molar-refractivity contribution in [3.63, 3.8) is 0 Å². The summed E-state index contributed by atoms with van der Waals surface area (Å²) in [5.74, 6) is 1.53. The molecule has 0 amide bonds. The summed E-state index contributed by atoms with van der Waals surface area (Å²) in [5, 5.41) is 6.26. The zero-order chi connectivity index (χ0) is 16.4. The maximum absolute atomic E-state index is 11.6. The molecule has 0 atom stereocenters. The summed E-state index contributed by atoms with van der Waals surface area (Å²) in [5.41, 5.74) is 0.859. The largest absolute Gasteiger partial charge is 0.440 e. The van der Waals surface area contributed by atoms with Crippen LogP contribution in [0.15, 0.2) is 52.1 Å². The summed E-state index contributed by atoms with van der Waals surface area (Å²) in [6, 6.07) is 10.1. The van der Waals surface area contributed by atoms with Crippen LogP contribution in [0, 0.1) is 0 Å². The third-order valence-corrected chi connectivity index (χ3v) is 4.48. The monoisotopic (exact) mass is 325 g/mol. The van der Waals surface area contributed by atoms with Gasteiger partial charge in [-0.1, -0.05) is 18.2 Å². The van der Waals surface area contributed by atoms with Gasteiger partial charge in [-0.05, 0) is 25.0 Å². The van der Waals surface area contributed by atoms with Crippen LogP contribution in [0.5, 0.6) is 0 Å². The van der Waals surface area contributed by atoms with Crippen LogP contribution in [-0.4, -0.2) is 37.7 Å². The lowest BCUT2D eigenvalue weighted by molar-refractivity contribution is 0.167. The van der Waals surface area contributed by atoms with Gasteiger partial charge in [-0.15, -0.1) is 0 Å². The first-order valence-electron chi connectivity index (χ1n) is 8.13.